The summed E-state index contributed by atoms with van der Waals surface area (Å²) in [6, 6.07) is 22.6. The van der Waals surface area contributed by atoms with Crippen molar-refractivity contribution in [3.63, 3.8) is 0 Å². The van der Waals surface area contributed by atoms with Crippen LogP contribution < -0.4 is 4.90 Å². The second-order valence-electron chi connectivity index (χ2n) is 11.5. The van der Waals surface area contributed by atoms with Crippen LogP contribution in [0.15, 0.2) is 66.7 Å². The summed E-state index contributed by atoms with van der Waals surface area (Å²) in [6.45, 7) is 14.5. The average Bonchev–Trinajstić information content (AvgIpc) is 3.62. The van der Waals surface area contributed by atoms with E-state index >= 15 is 0 Å². The van der Waals surface area contributed by atoms with Gasteiger partial charge >= 0.3 is 0 Å². The number of benzene rings is 3. The van der Waals surface area contributed by atoms with Gasteiger partial charge in [-0.3, -0.25) is 9.59 Å². The van der Waals surface area contributed by atoms with Gasteiger partial charge in [0.2, 0.25) is 0 Å². The molecule has 0 saturated heterocycles. The first-order valence-electron chi connectivity index (χ1n) is 14.5. The Morgan fingerprint density at radius 3 is 1.63 bits per heavy atom. The average molecular weight is 601 g/mol. The van der Waals surface area contributed by atoms with Crippen molar-refractivity contribution >= 4 is 73.1 Å². The van der Waals surface area contributed by atoms with Gasteiger partial charge in [-0.25, -0.2) is 4.90 Å². The standard InChI is InChI=1S/C37H32N2O2S2/c1-19-15-17-26(18-16-19)38-29-13-9-8-11-27(29)28-12-10-14-30(35(28)38)39-36(40)33(31-20(2)22(4)42-24(31)6)34(37(39)41)32-21(3)23(5)43-25(32)7/h8-18H,1-7H3. The molecule has 2 amide bonds. The van der Waals surface area contributed by atoms with Crippen molar-refractivity contribution in [1.82, 2.24) is 4.57 Å². The number of anilines is 1. The second kappa shape index (κ2) is 9.90. The fraction of sp³-hybridized carbons (Fsp3) is 0.189. The highest BCUT2D eigenvalue weighted by Crippen LogP contribution is 2.48. The first kappa shape index (κ1) is 27.6. The minimum Gasteiger partial charge on any atom is -0.307 e. The third kappa shape index (κ3) is 3.93. The monoisotopic (exact) mass is 600 g/mol. The number of carbonyl (C=O) groups excluding carboxylic acids is 2. The molecule has 1 aliphatic heterocycles. The van der Waals surface area contributed by atoms with Crippen LogP contribution in [0, 0.1) is 48.5 Å². The number of hydrogen-bond donors (Lipinski definition) is 0. The van der Waals surface area contributed by atoms with Gasteiger partial charge < -0.3 is 4.57 Å². The van der Waals surface area contributed by atoms with E-state index in [2.05, 4.69) is 95.5 Å². The van der Waals surface area contributed by atoms with Gasteiger partial charge in [-0.15, -0.1) is 22.7 Å². The number of fused-ring (bicyclic) bond motifs is 3. The quantitative estimate of drug-likeness (QED) is 0.189. The number of aryl methyl sites for hydroxylation is 5. The molecule has 0 spiro atoms. The zero-order chi connectivity index (χ0) is 30.3. The summed E-state index contributed by atoms with van der Waals surface area (Å²) >= 11 is 3.36. The third-order valence-corrected chi connectivity index (χ3v) is 11.2. The van der Waals surface area contributed by atoms with E-state index in [4.69, 9.17) is 0 Å². The van der Waals surface area contributed by atoms with E-state index in [1.165, 1.54) is 10.5 Å². The molecule has 6 heteroatoms. The minimum atomic E-state index is -0.264. The van der Waals surface area contributed by atoms with Crippen molar-refractivity contribution in [2.24, 2.45) is 0 Å². The molecule has 0 bridgehead atoms. The van der Waals surface area contributed by atoms with Gasteiger partial charge in [0, 0.05) is 47.1 Å². The Morgan fingerprint density at radius 1 is 0.558 bits per heavy atom. The number of hydrogen-bond acceptors (Lipinski definition) is 4. The van der Waals surface area contributed by atoms with Gasteiger partial charge in [0.25, 0.3) is 11.8 Å². The van der Waals surface area contributed by atoms with Crippen LogP contribution in [0.25, 0.3) is 38.6 Å². The van der Waals surface area contributed by atoms with Crippen molar-refractivity contribution in [3.8, 4) is 5.69 Å². The van der Waals surface area contributed by atoms with Crippen LogP contribution >= 0.6 is 22.7 Å². The van der Waals surface area contributed by atoms with Gasteiger partial charge in [0.15, 0.2) is 0 Å². The summed E-state index contributed by atoms with van der Waals surface area (Å²) in [4.78, 5) is 35.6. The zero-order valence-electron chi connectivity index (χ0n) is 25.4. The van der Waals surface area contributed by atoms with E-state index in [1.807, 2.05) is 24.3 Å². The van der Waals surface area contributed by atoms with Crippen LogP contribution in [0.3, 0.4) is 0 Å². The van der Waals surface area contributed by atoms with Crippen molar-refractivity contribution in [2.45, 2.75) is 48.5 Å². The van der Waals surface area contributed by atoms with Gasteiger partial charge in [-0.2, -0.15) is 0 Å². The summed E-state index contributed by atoms with van der Waals surface area (Å²) in [6.07, 6.45) is 0. The lowest BCUT2D eigenvalue weighted by Gasteiger charge is -2.19. The molecule has 0 radical (unpaired) electrons. The first-order valence-corrected chi connectivity index (χ1v) is 16.1. The maximum Gasteiger partial charge on any atom is 0.266 e. The molecular weight excluding hydrogens is 569 g/mol. The number of para-hydroxylation sites is 2. The Balaban J connectivity index is 1.55. The number of nitrogens with zero attached hydrogens (tertiary/aromatic N) is 2. The maximum absolute atomic E-state index is 14.8. The Bertz CT molecular complexity index is 2110. The normalized spacial score (nSPS) is 13.9. The largest absolute Gasteiger partial charge is 0.307 e. The summed E-state index contributed by atoms with van der Waals surface area (Å²) in [5, 5.41) is 2.08. The van der Waals surface area contributed by atoms with Crippen LogP contribution in [-0.2, 0) is 9.59 Å². The number of imide groups is 1. The molecule has 0 fully saturated rings. The molecular formula is C37H32N2O2S2. The second-order valence-corrected chi connectivity index (χ2v) is 14.3. The predicted octanol–water partition coefficient (Wildman–Crippen LogP) is 9.55. The highest BCUT2D eigenvalue weighted by molar-refractivity contribution is 7.12. The SMILES string of the molecule is Cc1ccc(-n2c3ccccc3c3cccc(N4C(=O)C(c5c(C)sc(C)c5C)=C(c5c(C)sc(C)c5C)C4=O)c32)cc1. The van der Waals surface area contributed by atoms with Crippen LogP contribution in [0.4, 0.5) is 5.69 Å². The lowest BCUT2D eigenvalue weighted by molar-refractivity contribution is -0.119. The van der Waals surface area contributed by atoms with Gasteiger partial charge in [-0.1, -0.05) is 48.0 Å². The van der Waals surface area contributed by atoms with E-state index < -0.39 is 0 Å². The molecule has 0 saturated carbocycles. The molecule has 6 aromatic rings. The van der Waals surface area contributed by atoms with E-state index in [1.54, 1.807) is 22.7 Å². The summed E-state index contributed by atoms with van der Waals surface area (Å²) in [5.41, 5.74) is 9.58. The highest BCUT2D eigenvalue weighted by Gasteiger charge is 2.44. The number of thiophene rings is 2. The molecule has 3 aromatic heterocycles. The van der Waals surface area contributed by atoms with Crippen molar-refractivity contribution in [1.29, 1.82) is 0 Å². The molecule has 3 aromatic carbocycles. The first-order chi connectivity index (χ1) is 20.6. The topological polar surface area (TPSA) is 42.3 Å². The molecule has 0 aliphatic carbocycles. The van der Waals surface area contributed by atoms with E-state index in [-0.39, 0.29) is 11.8 Å². The third-order valence-electron chi connectivity index (χ3n) is 8.91. The molecule has 4 nitrogen and oxygen atoms in total. The molecule has 214 valence electrons. The Morgan fingerprint density at radius 2 is 1.09 bits per heavy atom. The Kier molecular flexibility index (Phi) is 6.35. The Hall–Kier alpha value is -4.26. The van der Waals surface area contributed by atoms with Crippen LogP contribution in [-0.4, -0.2) is 16.4 Å². The van der Waals surface area contributed by atoms with E-state index in [0.29, 0.717) is 16.8 Å². The lowest BCUT2D eigenvalue weighted by atomic mass is 9.92. The predicted molar refractivity (Wildman–Crippen MR) is 182 cm³/mol. The fourth-order valence-corrected chi connectivity index (χ4v) is 8.82. The van der Waals surface area contributed by atoms with Crippen molar-refractivity contribution < 1.29 is 9.59 Å². The molecule has 43 heavy (non-hydrogen) atoms. The fourth-order valence-electron chi connectivity index (χ4n) is 6.68. The summed E-state index contributed by atoms with van der Waals surface area (Å²) in [7, 11) is 0. The number of amides is 2. The molecule has 4 heterocycles. The van der Waals surface area contributed by atoms with Crippen LogP contribution in [0.5, 0.6) is 0 Å². The van der Waals surface area contributed by atoms with Gasteiger partial charge in [0.1, 0.15) is 0 Å². The summed E-state index contributed by atoms with van der Waals surface area (Å²) < 4.78 is 2.19. The van der Waals surface area contributed by atoms with Gasteiger partial charge in [-0.05, 0) is 83.9 Å². The van der Waals surface area contributed by atoms with E-state index in [0.717, 1.165) is 69.3 Å². The van der Waals surface area contributed by atoms with Gasteiger partial charge in [0.05, 0.1) is 27.9 Å². The van der Waals surface area contributed by atoms with Crippen molar-refractivity contribution in [3.05, 3.63) is 114 Å². The molecule has 7 rings (SSSR count). The zero-order valence-corrected chi connectivity index (χ0v) is 27.0. The molecule has 0 N–H and O–H groups in total. The van der Waals surface area contributed by atoms with Crippen LogP contribution in [0.2, 0.25) is 0 Å². The molecule has 1 aliphatic rings. The summed E-state index contributed by atoms with van der Waals surface area (Å²) in [5.74, 6) is -0.528. The smallest absolute Gasteiger partial charge is 0.266 e. The maximum atomic E-state index is 14.8. The minimum absolute atomic E-state index is 0.264. The van der Waals surface area contributed by atoms with Crippen LogP contribution in [0.1, 0.15) is 47.3 Å². The number of rotatable bonds is 4. The number of aromatic nitrogens is 1. The number of carbonyl (C=O) groups is 2. The lowest BCUT2D eigenvalue weighted by Crippen LogP contribution is -2.32. The molecule has 0 unspecified atom stereocenters. The van der Waals surface area contributed by atoms with Crippen molar-refractivity contribution in [2.75, 3.05) is 4.90 Å². The Labute approximate surface area is 259 Å². The highest BCUT2D eigenvalue weighted by atomic mass is 32.1. The molecule has 0 atom stereocenters. The van der Waals surface area contributed by atoms with E-state index in [9.17, 15) is 9.59 Å².